The van der Waals surface area contributed by atoms with Gasteiger partial charge in [-0.05, 0) is 25.0 Å². The zero-order chi connectivity index (χ0) is 15.4. The summed E-state index contributed by atoms with van der Waals surface area (Å²) in [6.07, 6.45) is 1.15. The van der Waals surface area contributed by atoms with Crippen molar-refractivity contribution in [2.24, 2.45) is 0 Å². The molecule has 0 bridgehead atoms. The summed E-state index contributed by atoms with van der Waals surface area (Å²) in [4.78, 5) is 13.6. The summed E-state index contributed by atoms with van der Waals surface area (Å²) in [5.74, 6) is -2.38. The first-order chi connectivity index (χ1) is 10.0. The van der Waals surface area contributed by atoms with E-state index < -0.39 is 23.1 Å². The number of carbonyl (C=O) groups is 1. The highest BCUT2D eigenvalue weighted by Gasteiger charge is 2.28. The van der Waals surface area contributed by atoms with Gasteiger partial charge in [-0.2, -0.15) is 0 Å². The number of aliphatic hydroxyl groups is 1. The lowest BCUT2D eigenvalue weighted by molar-refractivity contribution is -0.00569. The molecule has 4 nitrogen and oxygen atoms in total. The van der Waals surface area contributed by atoms with Gasteiger partial charge < -0.3 is 14.7 Å². The molecule has 0 aromatic heterocycles. The van der Waals surface area contributed by atoms with E-state index in [1.165, 1.54) is 4.90 Å². The van der Waals surface area contributed by atoms with Crippen LogP contribution >= 0.6 is 15.9 Å². The van der Waals surface area contributed by atoms with Crippen LogP contribution in [0.1, 0.15) is 23.2 Å². The Labute approximate surface area is 129 Å². The number of rotatable bonds is 4. The van der Waals surface area contributed by atoms with E-state index in [4.69, 9.17) is 9.84 Å². The standard InChI is InChI=1S/C14H16BrF2NO3/c15-9-7-11(16)13(12(17)8-9)14(20)18-3-1-10(2-4-18)21-6-5-19/h7-8,10,19H,1-6H2. The first kappa shape index (κ1) is 16.3. The molecule has 1 aliphatic heterocycles. The number of hydrogen-bond acceptors (Lipinski definition) is 3. The van der Waals surface area contributed by atoms with Crippen LogP contribution < -0.4 is 0 Å². The van der Waals surface area contributed by atoms with Gasteiger partial charge in [-0.1, -0.05) is 15.9 Å². The van der Waals surface area contributed by atoms with E-state index in [-0.39, 0.29) is 23.8 Å². The number of piperidine rings is 1. The maximum atomic E-state index is 13.8. The second-order valence-electron chi connectivity index (χ2n) is 4.83. The Morgan fingerprint density at radius 2 is 1.90 bits per heavy atom. The Bertz CT molecular complexity index is 496. The Morgan fingerprint density at radius 3 is 2.43 bits per heavy atom. The number of carbonyl (C=O) groups excluding carboxylic acids is 1. The molecular weight excluding hydrogens is 348 g/mol. The maximum Gasteiger partial charge on any atom is 0.259 e. The molecule has 0 radical (unpaired) electrons. The van der Waals surface area contributed by atoms with Crippen LogP contribution in [-0.4, -0.2) is 48.3 Å². The van der Waals surface area contributed by atoms with E-state index in [1.807, 2.05) is 0 Å². The van der Waals surface area contributed by atoms with Gasteiger partial charge in [0.15, 0.2) is 0 Å². The number of nitrogens with zero attached hydrogens (tertiary/aromatic N) is 1. The number of hydrogen-bond donors (Lipinski definition) is 1. The van der Waals surface area contributed by atoms with Crippen LogP contribution in [0.4, 0.5) is 8.78 Å². The Morgan fingerprint density at radius 1 is 1.33 bits per heavy atom. The normalized spacial score (nSPS) is 16.3. The summed E-state index contributed by atoms with van der Waals surface area (Å²) >= 11 is 2.98. The fraction of sp³-hybridized carbons (Fsp3) is 0.500. The molecule has 1 N–H and O–H groups in total. The van der Waals surface area contributed by atoms with E-state index in [2.05, 4.69) is 15.9 Å². The van der Waals surface area contributed by atoms with Gasteiger partial charge in [0.1, 0.15) is 17.2 Å². The molecule has 0 saturated carbocycles. The van der Waals surface area contributed by atoms with E-state index in [0.29, 0.717) is 25.9 Å². The van der Waals surface area contributed by atoms with Crippen molar-refractivity contribution in [2.75, 3.05) is 26.3 Å². The lowest BCUT2D eigenvalue weighted by Gasteiger charge is -2.32. The Hall–Kier alpha value is -1.05. The number of amides is 1. The average molecular weight is 364 g/mol. The minimum atomic E-state index is -0.870. The number of likely N-dealkylation sites (tertiary alicyclic amines) is 1. The van der Waals surface area contributed by atoms with E-state index in [9.17, 15) is 13.6 Å². The summed E-state index contributed by atoms with van der Waals surface area (Å²) in [6.45, 7) is 0.969. The SMILES string of the molecule is O=C(c1c(F)cc(Br)cc1F)N1CCC(OCCO)CC1. The monoisotopic (exact) mass is 363 g/mol. The average Bonchev–Trinajstić information content (AvgIpc) is 2.44. The molecule has 1 aromatic rings. The molecule has 0 unspecified atom stereocenters. The minimum Gasteiger partial charge on any atom is -0.394 e. The minimum absolute atomic E-state index is 0.0270. The quantitative estimate of drug-likeness (QED) is 0.893. The zero-order valence-electron chi connectivity index (χ0n) is 11.3. The molecule has 2 rings (SSSR count). The Balaban J connectivity index is 2.02. The number of halogens is 3. The highest BCUT2D eigenvalue weighted by Crippen LogP contribution is 2.23. The van der Waals surface area contributed by atoms with Crippen molar-refractivity contribution < 1.29 is 23.4 Å². The topological polar surface area (TPSA) is 49.8 Å². The summed E-state index contributed by atoms with van der Waals surface area (Å²) in [6, 6.07) is 2.15. The van der Waals surface area contributed by atoms with Crippen LogP contribution in [0.25, 0.3) is 0 Å². The van der Waals surface area contributed by atoms with Crippen molar-refractivity contribution in [2.45, 2.75) is 18.9 Å². The van der Waals surface area contributed by atoms with Gasteiger partial charge in [0.05, 0.1) is 19.3 Å². The number of ether oxygens (including phenoxy) is 1. The molecule has 1 fully saturated rings. The first-order valence-corrected chi connectivity index (χ1v) is 7.48. The van der Waals surface area contributed by atoms with E-state index in [1.54, 1.807) is 0 Å². The highest BCUT2D eigenvalue weighted by atomic mass is 79.9. The van der Waals surface area contributed by atoms with Gasteiger partial charge in [-0.25, -0.2) is 8.78 Å². The fourth-order valence-electron chi connectivity index (χ4n) is 2.35. The predicted octanol–water partition coefficient (Wildman–Crippen LogP) is 2.34. The van der Waals surface area contributed by atoms with Crippen LogP contribution in [-0.2, 0) is 4.74 Å². The van der Waals surface area contributed by atoms with Gasteiger partial charge in [0.2, 0.25) is 0 Å². The summed E-state index contributed by atoms with van der Waals surface area (Å²) in [5, 5.41) is 8.69. The second-order valence-corrected chi connectivity index (χ2v) is 5.75. The molecule has 1 aromatic carbocycles. The van der Waals surface area contributed by atoms with Crippen LogP contribution in [0.5, 0.6) is 0 Å². The molecule has 7 heteroatoms. The summed E-state index contributed by atoms with van der Waals surface area (Å²) in [5.41, 5.74) is -0.520. The van der Waals surface area contributed by atoms with Gasteiger partial charge >= 0.3 is 0 Å². The van der Waals surface area contributed by atoms with Gasteiger partial charge in [0.25, 0.3) is 5.91 Å². The smallest absolute Gasteiger partial charge is 0.259 e. The third-order valence-corrected chi connectivity index (χ3v) is 3.85. The molecule has 0 aliphatic carbocycles. The summed E-state index contributed by atoms with van der Waals surface area (Å²) < 4.78 is 33.2. The van der Waals surface area contributed by atoms with Crippen molar-refractivity contribution in [3.05, 3.63) is 33.8 Å². The van der Waals surface area contributed by atoms with Crippen molar-refractivity contribution in [1.29, 1.82) is 0 Å². The molecule has 1 aliphatic rings. The predicted molar refractivity (Wildman–Crippen MR) is 76.0 cm³/mol. The first-order valence-electron chi connectivity index (χ1n) is 6.69. The lowest BCUT2D eigenvalue weighted by Crippen LogP contribution is -2.41. The van der Waals surface area contributed by atoms with Gasteiger partial charge in [0, 0.05) is 17.6 Å². The van der Waals surface area contributed by atoms with Crippen molar-refractivity contribution >= 4 is 21.8 Å². The van der Waals surface area contributed by atoms with Crippen molar-refractivity contribution in [3.63, 3.8) is 0 Å². The number of benzene rings is 1. The molecule has 0 atom stereocenters. The molecular formula is C14H16BrF2NO3. The second kappa shape index (κ2) is 7.29. The van der Waals surface area contributed by atoms with Gasteiger partial charge in [-0.3, -0.25) is 4.79 Å². The molecule has 1 saturated heterocycles. The molecule has 21 heavy (non-hydrogen) atoms. The molecule has 116 valence electrons. The van der Waals surface area contributed by atoms with Crippen LogP contribution in [0.15, 0.2) is 16.6 Å². The van der Waals surface area contributed by atoms with Crippen LogP contribution in [0.2, 0.25) is 0 Å². The van der Waals surface area contributed by atoms with Crippen molar-refractivity contribution in [1.82, 2.24) is 4.90 Å². The summed E-state index contributed by atoms with van der Waals surface area (Å²) in [7, 11) is 0. The third kappa shape index (κ3) is 3.99. The lowest BCUT2D eigenvalue weighted by atomic mass is 10.1. The molecule has 1 amide bonds. The van der Waals surface area contributed by atoms with Crippen LogP contribution in [0, 0.1) is 11.6 Å². The molecule has 1 heterocycles. The van der Waals surface area contributed by atoms with Gasteiger partial charge in [-0.15, -0.1) is 0 Å². The largest absolute Gasteiger partial charge is 0.394 e. The fourth-order valence-corrected chi connectivity index (χ4v) is 2.75. The van der Waals surface area contributed by atoms with E-state index in [0.717, 1.165) is 12.1 Å². The van der Waals surface area contributed by atoms with E-state index >= 15 is 0 Å². The Kier molecular flexibility index (Phi) is 5.66. The zero-order valence-corrected chi connectivity index (χ0v) is 12.9. The number of aliphatic hydroxyl groups excluding tert-OH is 1. The maximum absolute atomic E-state index is 13.8. The van der Waals surface area contributed by atoms with Crippen molar-refractivity contribution in [3.8, 4) is 0 Å². The highest BCUT2D eigenvalue weighted by molar-refractivity contribution is 9.10. The van der Waals surface area contributed by atoms with Crippen LogP contribution in [0.3, 0.4) is 0 Å². The molecule has 0 spiro atoms. The third-order valence-electron chi connectivity index (χ3n) is 3.39.